The van der Waals surface area contributed by atoms with E-state index in [4.69, 9.17) is 4.74 Å². The number of ether oxygens (including phenoxy) is 2. The van der Waals surface area contributed by atoms with Gasteiger partial charge in [-0.2, -0.15) is 0 Å². The lowest BCUT2D eigenvalue weighted by molar-refractivity contribution is 0.0589. The fourth-order valence-corrected chi connectivity index (χ4v) is 1.99. The van der Waals surface area contributed by atoms with Crippen LogP contribution in [0.25, 0.3) is 0 Å². The van der Waals surface area contributed by atoms with Crippen molar-refractivity contribution >= 4 is 5.97 Å². The third-order valence-corrected chi connectivity index (χ3v) is 3.25. The van der Waals surface area contributed by atoms with Crippen LogP contribution in [0.15, 0.2) is 22.5 Å². The molecule has 0 spiro atoms. The van der Waals surface area contributed by atoms with Gasteiger partial charge in [-0.3, -0.25) is 4.79 Å². The molecule has 0 saturated carbocycles. The van der Waals surface area contributed by atoms with Gasteiger partial charge in [0.2, 0.25) is 5.43 Å². The van der Waals surface area contributed by atoms with Gasteiger partial charge in [-0.25, -0.2) is 4.79 Å². The maximum Gasteiger partial charge on any atom is 0.358 e. The Bertz CT molecular complexity index is 572. The molecule has 0 aliphatic carbocycles. The number of esters is 1. The topological polar surface area (TPSA) is 68.4 Å². The number of rotatable bonds is 5. The lowest BCUT2D eigenvalue weighted by atomic mass is 9.98. The molecular weight excluding hydrogens is 258 g/mol. The van der Waals surface area contributed by atoms with E-state index in [1.807, 2.05) is 26.8 Å². The number of aromatic amines is 1. The fraction of sp³-hybridized carbons (Fsp3) is 0.467. The summed E-state index contributed by atoms with van der Waals surface area (Å²) in [7, 11) is 2.62. The zero-order chi connectivity index (χ0) is 15.3. The summed E-state index contributed by atoms with van der Waals surface area (Å²) in [5.41, 5.74) is 1.64. The third-order valence-electron chi connectivity index (χ3n) is 3.25. The summed E-state index contributed by atoms with van der Waals surface area (Å²) >= 11 is 0. The fourth-order valence-electron chi connectivity index (χ4n) is 1.99. The number of methoxy groups -OCH3 is 2. The Morgan fingerprint density at radius 2 is 2.10 bits per heavy atom. The number of pyridine rings is 1. The van der Waals surface area contributed by atoms with Crippen LogP contribution in [0.5, 0.6) is 5.75 Å². The molecule has 1 aromatic rings. The second kappa shape index (κ2) is 6.93. The molecule has 0 radical (unpaired) electrons. The smallest absolute Gasteiger partial charge is 0.358 e. The van der Waals surface area contributed by atoms with Gasteiger partial charge in [0.25, 0.3) is 0 Å². The Labute approximate surface area is 118 Å². The number of carbonyl (C=O) groups is 1. The Hall–Kier alpha value is -2.04. The van der Waals surface area contributed by atoms with Crippen LogP contribution >= 0.6 is 0 Å². The minimum absolute atomic E-state index is 0.0180. The summed E-state index contributed by atoms with van der Waals surface area (Å²) in [4.78, 5) is 26.7. The first-order valence-electron chi connectivity index (χ1n) is 6.45. The molecule has 1 unspecified atom stereocenters. The zero-order valence-electron chi connectivity index (χ0n) is 12.6. The maximum atomic E-state index is 12.0. The van der Waals surface area contributed by atoms with Crippen LogP contribution in [0.2, 0.25) is 0 Å². The first-order valence-corrected chi connectivity index (χ1v) is 6.45. The Morgan fingerprint density at radius 1 is 1.45 bits per heavy atom. The highest BCUT2D eigenvalue weighted by molar-refractivity contribution is 5.90. The van der Waals surface area contributed by atoms with Crippen molar-refractivity contribution in [2.24, 2.45) is 0 Å². The maximum absolute atomic E-state index is 12.0. The van der Waals surface area contributed by atoms with Crippen molar-refractivity contribution in [3.8, 4) is 5.75 Å². The molecular formula is C15H21NO4. The Morgan fingerprint density at radius 3 is 2.60 bits per heavy atom. The summed E-state index contributed by atoms with van der Waals surface area (Å²) in [6, 6.07) is 1.47. The van der Waals surface area contributed by atoms with Crippen LogP contribution in [-0.4, -0.2) is 25.2 Å². The number of hydrogen-bond donors (Lipinski definition) is 1. The van der Waals surface area contributed by atoms with Crippen LogP contribution in [0.1, 0.15) is 49.3 Å². The summed E-state index contributed by atoms with van der Waals surface area (Å²) < 4.78 is 9.65. The van der Waals surface area contributed by atoms with Crippen LogP contribution in [0.3, 0.4) is 0 Å². The summed E-state index contributed by atoms with van der Waals surface area (Å²) in [6.45, 7) is 5.99. The Kier molecular flexibility index (Phi) is 5.55. The average molecular weight is 279 g/mol. The van der Waals surface area contributed by atoms with Crippen molar-refractivity contribution in [3.05, 3.63) is 39.3 Å². The highest BCUT2D eigenvalue weighted by Crippen LogP contribution is 2.23. The van der Waals surface area contributed by atoms with Gasteiger partial charge in [-0.1, -0.05) is 18.6 Å². The van der Waals surface area contributed by atoms with E-state index in [-0.39, 0.29) is 22.8 Å². The van der Waals surface area contributed by atoms with E-state index in [2.05, 4.69) is 9.72 Å². The summed E-state index contributed by atoms with van der Waals surface area (Å²) in [6.07, 6.45) is 2.83. The van der Waals surface area contributed by atoms with E-state index in [1.54, 1.807) is 0 Å². The largest absolute Gasteiger partial charge is 0.491 e. The van der Waals surface area contributed by atoms with Gasteiger partial charge in [0.1, 0.15) is 0 Å². The number of H-pyrrole nitrogens is 1. The summed E-state index contributed by atoms with van der Waals surface area (Å²) in [5, 5.41) is 0. The molecule has 5 nitrogen and oxygen atoms in total. The van der Waals surface area contributed by atoms with Crippen molar-refractivity contribution in [3.63, 3.8) is 0 Å². The molecule has 0 fully saturated rings. The summed E-state index contributed by atoms with van der Waals surface area (Å²) in [5.74, 6) is -0.542. The Balaban J connectivity index is 3.27. The standard InChI is InChI=1S/C15H21NO4/c1-6-9(2)7-10(3)11-8-12(17)14(19-4)13(16-11)15(18)20-5/h6,8,10H,7H2,1-5H3,(H,16,17)/b9-6+. The van der Waals surface area contributed by atoms with Gasteiger partial charge < -0.3 is 14.5 Å². The number of carbonyl (C=O) groups excluding carboxylic acids is 1. The van der Waals surface area contributed by atoms with Crippen molar-refractivity contribution in [2.75, 3.05) is 14.2 Å². The second-order valence-electron chi connectivity index (χ2n) is 4.73. The SMILES string of the molecule is C/C=C(\C)CC(C)c1cc(=O)c(OC)c(C(=O)OC)[nH]1. The molecule has 0 aliphatic heterocycles. The minimum Gasteiger partial charge on any atom is -0.491 e. The molecule has 110 valence electrons. The molecule has 0 aromatic carbocycles. The van der Waals surface area contributed by atoms with E-state index >= 15 is 0 Å². The zero-order valence-corrected chi connectivity index (χ0v) is 12.6. The van der Waals surface area contributed by atoms with E-state index in [1.165, 1.54) is 25.9 Å². The third kappa shape index (κ3) is 3.50. The average Bonchev–Trinajstić information content (AvgIpc) is 2.45. The predicted molar refractivity (Wildman–Crippen MR) is 77.4 cm³/mol. The van der Waals surface area contributed by atoms with Gasteiger partial charge in [0.05, 0.1) is 14.2 Å². The normalized spacial score (nSPS) is 12.9. The number of allylic oxidation sites excluding steroid dienone is 2. The highest BCUT2D eigenvalue weighted by atomic mass is 16.5. The molecule has 1 rings (SSSR count). The van der Waals surface area contributed by atoms with Gasteiger partial charge in [0, 0.05) is 17.7 Å². The molecule has 0 saturated heterocycles. The van der Waals surface area contributed by atoms with Gasteiger partial charge in [-0.15, -0.1) is 0 Å². The van der Waals surface area contributed by atoms with Gasteiger partial charge >= 0.3 is 5.97 Å². The van der Waals surface area contributed by atoms with E-state index < -0.39 is 5.97 Å². The van der Waals surface area contributed by atoms with Crippen LogP contribution < -0.4 is 10.2 Å². The predicted octanol–water partition coefficient (Wildman–Crippen LogP) is 2.63. The van der Waals surface area contributed by atoms with Crippen molar-refractivity contribution in [2.45, 2.75) is 33.1 Å². The van der Waals surface area contributed by atoms with Crippen molar-refractivity contribution in [1.82, 2.24) is 4.98 Å². The first kappa shape index (κ1) is 16.0. The second-order valence-corrected chi connectivity index (χ2v) is 4.73. The highest BCUT2D eigenvalue weighted by Gasteiger charge is 2.19. The lowest BCUT2D eigenvalue weighted by Crippen LogP contribution is -2.17. The molecule has 0 aliphatic rings. The molecule has 1 N–H and O–H groups in total. The first-order chi connectivity index (χ1) is 9.44. The molecule has 0 amide bonds. The lowest BCUT2D eigenvalue weighted by Gasteiger charge is -2.15. The molecule has 0 bridgehead atoms. The molecule has 1 aromatic heterocycles. The number of hydrogen-bond acceptors (Lipinski definition) is 4. The van der Waals surface area contributed by atoms with E-state index in [9.17, 15) is 9.59 Å². The quantitative estimate of drug-likeness (QED) is 0.664. The number of aromatic nitrogens is 1. The number of nitrogens with one attached hydrogen (secondary N) is 1. The molecule has 1 heterocycles. The van der Waals surface area contributed by atoms with E-state index in [0.29, 0.717) is 5.69 Å². The van der Waals surface area contributed by atoms with Crippen LogP contribution in [0.4, 0.5) is 0 Å². The molecule has 5 heteroatoms. The van der Waals surface area contributed by atoms with Gasteiger partial charge in [-0.05, 0) is 20.3 Å². The monoisotopic (exact) mass is 279 g/mol. The molecule has 1 atom stereocenters. The van der Waals surface area contributed by atoms with Gasteiger partial charge in [0.15, 0.2) is 11.4 Å². The van der Waals surface area contributed by atoms with Crippen LogP contribution in [0, 0.1) is 0 Å². The van der Waals surface area contributed by atoms with Crippen molar-refractivity contribution in [1.29, 1.82) is 0 Å². The van der Waals surface area contributed by atoms with Crippen molar-refractivity contribution < 1.29 is 14.3 Å². The van der Waals surface area contributed by atoms with Crippen LogP contribution in [-0.2, 0) is 4.74 Å². The van der Waals surface area contributed by atoms with E-state index in [0.717, 1.165) is 6.42 Å². The molecule has 20 heavy (non-hydrogen) atoms. The minimum atomic E-state index is -0.615.